The van der Waals surface area contributed by atoms with Gasteiger partial charge < -0.3 is 15.0 Å². The maximum Gasteiger partial charge on any atom is 0.238 e. The number of amides is 1. The van der Waals surface area contributed by atoms with Crippen LogP contribution in [0.2, 0.25) is 10.0 Å². The average molecular weight is 394 g/mol. The highest BCUT2D eigenvalue weighted by Crippen LogP contribution is 2.29. The second-order valence-corrected chi connectivity index (χ2v) is 6.90. The summed E-state index contributed by atoms with van der Waals surface area (Å²) in [4.78, 5) is 16.7. The summed E-state index contributed by atoms with van der Waals surface area (Å²) in [5.41, 5.74) is 1.68. The molecule has 0 saturated carbocycles. The van der Waals surface area contributed by atoms with E-state index in [4.69, 9.17) is 27.9 Å². The summed E-state index contributed by atoms with van der Waals surface area (Å²) < 4.78 is 5.28. The summed E-state index contributed by atoms with van der Waals surface area (Å²) >= 11 is 12.1. The van der Waals surface area contributed by atoms with Gasteiger partial charge in [-0.25, -0.2) is 0 Å². The Morgan fingerprint density at radius 1 is 1.12 bits per heavy atom. The quantitative estimate of drug-likeness (QED) is 0.839. The molecule has 2 aromatic rings. The molecule has 0 aromatic heterocycles. The average Bonchev–Trinajstić information content (AvgIpc) is 2.66. The number of rotatable bonds is 5. The lowest BCUT2D eigenvalue weighted by Crippen LogP contribution is -2.48. The van der Waals surface area contributed by atoms with Crippen molar-refractivity contribution >= 4 is 40.5 Å². The molecule has 0 atom stereocenters. The second kappa shape index (κ2) is 8.62. The van der Waals surface area contributed by atoms with Crippen molar-refractivity contribution in [2.75, 3.05) is 50.1 Å². The van der Waals surface area contributed by atoms with Crippen LogP contribution in [0.3, 0.4) is 0 Å². The van der Waals surface area contributed by atoms with E-state index in [-0.39, 0.29) is 5.91 Å². The molecule has 3 rings (SSSR count). The Labute approximate surface area is 163 Å². The number of methoxy groups -OCH3 is 1. The summed E-state index contributed by atoms with van der Waals surface area (Å²) in [6.45, 7) is 3.67. The van der Waals surface area contributed by atoms with Gasteiger partial charge in [-0.3, -0.25) is 9.69 Å². The Kier molecular flexibility index (Phi) is 6.25. The van der Waals surface area contributed by atoms with Crippen LogP contribution in [0.4, 0.5) is 11.4 Å². The third-order valence-electron chi connectivity index (χ3n) is 4.38. The lowest BCUT2D eigenvalue weighted by molar-refractivity contribution is -0.117. The van der Waals surface area contributed by atoms with E-state index in [2.05, 4.69) is 21.2 Å². The Balaban J connectivity index is 1.52. The van der Waals surface area contributed by atoms with Gasteiger partial charge in [0.05, 0.1) is 29.4 Å². The number of hydrogen-bond acceptors (Lipinski definition) is 4. The molecule has 1 amide bonds. The van der Waals surface area contributed by atoms with Gasteiger partial charge in [0.15, 0.2) is 0 Å². The molecule has 7 heteroatoms. The van der Waals surface area contributed by atoms with E-state index in [0.29, 0.717) is 22.3 Å². The standard InChI is InChI=1S/C19H21Cl2N3O2/c1-26-15-5-2-4-14(12-15)24-10-8-23(9-11-24)13-18(25)22-17-7-3-6-16(20)19(17)21/h2-7,12H,8-11,13H2,1H3,(H,22,25). The maximum absolute atomic E-state index is 12.3. The zero-order valence-electron chi connectivity index (χ0n) is 14.5. The van der Waals surface area contributed by atoms with E-state index >= 15 is 0 Å². The van der Waals surface area contributed by atoms with Crippen molar-refractivity contribution in [3.63, 3.8) is 0 Å². The predicted molar refractivity (Wildman–Crippen MR) is 107 cm³/mol. The molecule has 1 aliphatic heterocycles. The van der Waals surface area contributed by atoms with Crippen LogP contribution in [0.15, 0.2) is 42.5 Å². The van der Waals surface area contributed by atoms with Crippen molar-refractivity contribution < 1.29 is 9.53 Å². The lowest BCUT2D eigenvalue weighted by Gasteiger charge is -2.35. The van der Waals surface area contributed by atoms with E-state index in [0.717, 1.165) is 37.6 Å². The van der Waals surface area contributed by atoms with E-state index in [1.807, 2.05) is 18.2 Å². The van der Waals surface area contributed by atoms with E-state index in [1.54, 1.807) is 25.3 Å². The summed E-state index contributed by atoms with van der Waals surface area (Å²) in [6, 6.07) is 13.2. The van der Waals surface area contributed by atoms with Crippen molar-refractivity contribution in [2.24, 2.45) is 0 Å². The van der Waals surface area contributed by atoms with Crippen LogP contribution in [0, 0.1) is 0 Å². The first-order valence-corrected chi connectivity index (χ1v) is 9.17. The van der Waals surface area contributed by atoms with Gasteiger partial charge in [0.2, 0.25) is 5.91 Å². The number of piperazine rings is 1. The zero-order chi connectivity index (χ0) is 18.5. The van der Waals surface area contributed by atoms with Crippen LogP contribution < -0.4 is 15.0 Å². The SMILES string of the molecule is COc1cccc(N2CCN(CC(=O)Nc3cccc(Cl)c3Cl)CC2)c1. The number of hydrogen-bond donors (Lipinski definition) is 1. The van der Waals surface area contributed by atoms with Crippen molar-refractivity contribution in [1.82, 2.24) is 4.90 Å². The minimum Gasteiger partial charge on any atom is -0.497 e. The third kappa shape index (κ3) is 4.61. The van der Waals surface area contributed by atoms with Gasteiger partial charge in [0, 0.05) is 37.9 Å². The maximum atomic E-state index is 12.3. The highest BCUT2D eigenvalue weighted by atomic mass is 35.5. The molecule has 2 aromatic carbocycles. The summed E-state index contributed by atoms with van der Waals surface area (Å²) in [6.07, 6.45) is 0. The van der Waals surface area contributed by atoms with Gasteiger partial charge in [-0.1, -0.05) is 35.3 Å². The highest BCUT2D eigenvalue weighted by Gasteiger charge is 2.20. The first kappa shape index (κ1) is 18.8. The fourth-order valence-electron chi connectivity index (χ4n) is 2.96. The lowest BCUT2D eigenvalue weighted by atomic mass is 10.2. The molecule has 138 valence electrons. The smallest absolute Gasteiger partial charge is 0.238 e. The molecule has 1 heterocycles. The molecule has 1 N–H and O–H groups in total. The van der Waals surface area contributed by atoms with Crippen LogP contribution in [0.25, 0.3) is 0 Å². The Hall–Kier alpha value is -1.95. The van der Waals surface area contributed by atoms with Crippen LogP contribution in [-0.4, -0.2) is 50.6 Å². The first-order chi connectivity index (χ1) is 12.6. The van der Waals surface area contributed by atoms with Gasteiger partial charge in [0.25, 0.3) is 0 Å². The molecule has 5 nitrogen and oxygen atoms in total. The summed E-state index contributed by atoms with van der Waals surface area (Å²) in [5.74, 6) is 0.756. The molecule has 0 radical (unpaired) electrons. The van der Waals surface area contributed by atoms with Gasteiger partial charge in [-0.15, -0.1) is 0 Å². The minimum absolute atomic E-state index is 0.0935. The highest BCUT2D eigenvalue weighted by molar-refractivity contribution is 6.44. The van der Waals surface area contributed by atoms with E-state index in [1.165, 1.54) is 0 Å². The topological polar surface area (TPSA) is 44.8 Å². The fourth-order valence-corrected chi connectivity index (χ4v) is 3.31. The number of carbonyl (C=O) groups is 1. The Bertz CT molecular complexity index is 777. The predicted octanol–water partition coefficient (Wildman–Crippen LogP) is 3.76. The number of ether oxygens (including phenoxy) is 1. The molecule has 0 aliphatic carbocycles. The normalized spacial score (nSPS) is 15.0. The number of carbonyl (C=O) groups excluding carboxylic acids is 1. The van der Waals surface area contributed by atoms with Crippen molar-refractivity contribution in [3.8, 4) is 5.75 Å². The van der Waals surface area contributed by atoms with Gasteiger partial charge in [-0.05, 0) is 24.3 Å². The van der Waals surface area contributed by atoms with Crippen LogP contribution in [-0.2, 0) is 4.79 Å². The monoisotopic (exact) mass is 393 g/mol. The number of anilines is 2. The first-order valence-electron chi connectivity index (χ1n) is 8.42. The van der Waals surface area contributed by atoms with Crippen LogP contribution in [0.5, 0.6) is 5.75 Å². The van der Waals surface area contributed by atoms with Crippen molar-refractivity contribution in [3.05, 3.63) is 52.5 Å². The molecule has 26 heavy (non-hydrogen) atoms. The van der Waals surface area contributed by atoms with Gasteiger partial charge in [0.1, 0.15) is 5.75 Å². The fraction of sp³-hybridized carbons (Fsp3) is 0.316. The molecular weight excluding hydrogens is 373 g/mol. The molecule has 0 unspecified atom stereocenters. The molecule has 0 bridgehead atoms. The summed E-state index contributed by atoms with van der Waals surface area (Å²) in [5, 5.41) is 3.62. The van der Waals surface area contributed by atoms with Crippen LogP contribution in [0.1, 0.15) is 0 Å². The zero-order valence-corrected chi connectivity index (χ0v) is 16.1. The Morgan fingerprint density at radius 2 is 1.85 bits per heavy atom. The number of benzene rings is 2. The number of halogens is 2. The largest absolute Gasteiger partial charge is 0.497 e. The molecule has 1 fully saturated rings. The molecule has 1 saturated heterocycles. The van der Waals surface area contributed by atoms with Crippen LogP contribution >= 0.6 is 23.2 Å². The van der Waals surface area contributed by atoms with Gasteiger partial charge in [-0.2, -0.15) is 0 Å². The second-order valence-electron chi connectivity index (χ2n) is 6.11. The van der Waals surface area contributed by atoms with E-state index < -0.39 is 0 Å². The molecule has 1 aliphatic rings. The van der Waals surface area contributed by atoms with E-state index in [9.17, 15) is 4.79 Å². The molecule has 0 spiro atoms. The van der Waals surface area contributed by atoms with Gasteiger partial charge >= 0.3 is 0 Å². The number of nitrogens with one attached hydrogen (secondary N) is 1. The molecular formula is C19H21Cl2N3O2. The van der Waals surface area contributed by atoms with Crippen molar-refractivity contribution in [1.29, 1.82) is 0 Å². The Morgan fingerprint density at radius 3 is 2.58 bits per heavy atom. The summed E-state index contributed by atoms with van der Waals surface area (Å²) in [7, 11) is 1.67. The minimum atomic E-state index is -0.0935. The van der Waals surface area contributed by atoms with Crippen molar-refractivity contribution in [2.45, 2.75) is 0 Å². The number of nitrogens with zero attached hydrogens (tertiary/aromatic N) is 2. The third-order valence-corrected chi connectivity index (χ3v) is 5.20.